The summed E-state index contributed by atoms with van der Waals surface area (Å²) in [6.07, 6.45) is 2.10. The van der Waals surface area contributed by atoms with Gasteiger partial charge in [0.25, 0.3) is 0 Å². The van der Waals surface area contributed by atoms with Crippen molar-refractivity contribution in [1.29, 1.82) is 0 Å². The van der Waals surface area contributed by atoms with E-state index in [4.69, 9.17) is 0 Å². The Balaban J connectivity index is 1.64. The predicted octanol–water partition coefficient (Wildman–Crippen LogP) is 4.27. The molecule has 25 heavy (non-hydrogen) atoms. The van der Waals surface area contributed by atoms with Gasteiger partial charge in [0.2, 0.25) is 0 Å². The summed E-state index contributed by atoms with van der Waals surface area (Å²) in [6, 6.07) is 14.3. The van der Waals surface area contributed by atoms with Crippen LogP contribution in [0.2, 0.25) is 0 Å². The molecule has 2 aromatic rings. The Morgan fingerprint density at radius 3 is 2.28 bits per heavy atom. The van der Waals surface area contributed by atoms with Crippen molar-refractivity contribution in [3.05, 3.63) is 54.1 Å². The van der Waals surface area contributed by atoms with E-state index >= 15 is 0 Å². The highest BCUT2D eigenvalue weighted by Crippen LogP contribution is 2.22. The lowest BCUT2D eigenvalue weighted by atomic mass is 10.2. The topological polar surface area (TPSA) is 73.5 Å². The largest absolute Gasteiger partial charge is 0.325 e. The lowest BCUT2D eigenvalue weighted by Gasteiger charge is -2.18. The van der Waals surface area contributed by atoms with Crippen LogP contribution in [0.3, 0.4) is 0 Å². The molecule has 0 aliphatic carbocycles. The van der Waals surface area contributed by atoms with Crippen LogP contribution in [0.25, 0.3) is 0 Å². The van der Waals surface area contributed by atoms with E-state index in [9.17, 15) is 9.59 Å². The van der Waals surface area contributed by atoms with Gasteiger partial charge in [-0.1, -0.05) is 24.3 Å². The molecule has 0 aromatic heterocycles. The number of carbonyl (C=O) groups is 2. The third kappa shape index (κ3) is 4.50. The molecule has 0 saturated carbocycles. The maximum absolute atomic E-state index is 12.3. The van der Waals surface area contributed by atoms with Crippen LogP contribution in [0.4, 0.5) is 26.7 Å². The maximum atomic E-state index is 12.3. The standard InChI is InChI=1S/C19H22N4O2/c1-14-9-10-16(21-18(24)20-15-7-3-2-4-8-15)13-17(14)22-19(25)23-11-5-6-12-23/h2-4,7-10,13H,5-6,11-12H2,1H3,(H,22,25)(H2,20,21,24). The minimum Gasteiger partial charge on any atom is -0.325 e. The monoisotopic (exact) mass is 338 g/mol. The van der Waals surface area contributed by atoms with Crippen LogP contribution in [-0.4, -0.2) is 30.1 Å². The Labute approximate surface area is 147 Å². The third-order valence-electron chi connectivity index (χ3n) is 4.16. The van der Waals surface area contributed by atoms with Crippen molar-refractivity contribution < 1.29 is 9.59 Å². The van der Waals surface area contributed by atoms with E-state index in [2.05, 4.69) is 16.0 Å². The zero-order valence-electron chi connectivity index (χ0n) is 14.2. The Morgan fingerprint density at radius 1 is 0.880 bits per heavy atom. The van der Waals surface area contributed by atoms with Crippen molar-refractivity contribution in [3.63, 3.8) is 0 Å². The lowest BCUT2D eigenvalue weighted by molar-refractivity contribution is 0.222. The van der Waals surface area contributed by atoms with Gasteiger partial charge in [-0.3, -0.25) is 0 Å². The highest BCUT2D eigenvalue weighted by atomic mass is 16.2. The zero-order chi connectivity index (χ0) is 17.6. The number of hydrogen-bond acceptors (Lipinski definition) is 2. The molecule has 0 bridgehead atoms. The van der Waals surface area contributed by atoms with Crippen LogP contribution >= 0.6 is 0 Å². The Kier molecular flexibility index (Phi) is 5.18. The molecule has 3 N–H and O–H groups in total. The van der Waals surface area contributed by atoms with Crippen molar-refractivity contribution in [3.8, 4) is 0 Å². The summed E-state index contributed by atoms with van der Waals surface area (Å²) in [5.74, 6) is 0. The molecule has 0 atom stereocenters. The summed E-state index contributed by atoms with van der Waals surface area (Å²) < 4.78 is 0. The van der Waals surface area contributed by atoms with Crippen LogP contribution in [0, 0.1) is 6.92 Å². The first kappa shape index (κ1) is 16.8. The average molecular weight is 338 g/mol. The number of rotatable bonds is 3. The van der Waals surface area contributed by atoms with E-state index in [1.807, 2.05) is 54.3 Å². The number of anilines is 3. The second-order valence-electron chi connectivity index (χ2n) is 6.10. The molecule has 0 spiro atoms. The molecule has 130 valence electrons. The van der Waals surface area contributed by atoms with Crippen molar-refractivity contribution in [1.82, 2.24) is 4.90 Å². The van der Waals surface area contributed by atoms with Gasteiger partial charge in [0.05, 0.1) is 0 Å². The third-order valence-corrected chi connectivity index (χ3v) is 4.16. The molecular formula is C19H22N4O2. The van der Waals surface area contributed by atoms with Crippen molar-refractivity contribution in [2.45, 2.75) is 19.8 Å². The summed E-state index contributed by atoms with van der Waals surface area (Å²) in [7, 11) is 0. The Hall–Kier alpha value is -3.02. The number of nitrogens with one attached hydrogen (secondary N) is 3. The molecule has 0 radical (unpaired) electrons. The minimum absolute atomic E-state index is 0.0912. The van der Waals surface area contributed by atoms with Gasteiger partial charge in [-0.2, -0.15) is 0 Å². The second-order valence-corrected chi connectivity index (χ2v) is 6.10. The summed E-state index contributed by atoms with van der Waals surface area (Å²) in [6.45, 7) is 3.51. The van der Waals surface area contributed by atoms with Crippen molar-refractivity contribution in [2.75, 3.05) is 29.0 Å². The highest BCUT2D eigenvalue weighted by molar-refractivity contribution is 6.00. The summed E-state index contributed by atoms with van der Waals surface area (Å²) in [5.41, 5.74) is 2.99. The molecular weight excluding hydrogens is 316 g/mol. The number of urea groups is 2. The number of likely N-dealkylation sites (tertiary alicyclic amines) is 1. The van der Waals surface area contributed by atoms with Gasteiger partial charge >= 0.3 is 12.1 Å². The first-order chi connectivity index (χ1) is 12.1. The average Bonchev–Trinajstić information content (AvgIpc) is 3.13. The molecule has 2 aromatic carbocycles. The molecule has 1 aliphatic rings. The van der Waals surface area contributed by atoms with Gasteiger partial charge in [0.15, 0.2) is 0 Å². The fraction of sp³-hybridized carbons (Fsp3) is 0.263. The molecule has 1 aliphatic heterocycles. The number of amides is 4. The van der Waals surface area contributed by atoms with Gasteiger partial charge in [0, 0.05) is 30.2 Å². The van der Waals surface area contributed by atoms with E-state index in [-0.39, 0.29) is 12.1 Å². The van der Waals surface area contributed by atoms with Crippen LogP contribution < -0.4 is 16.0 Å². The second kappa shape index (κ2) is 7.70. The van der Waals surface area contributed by atoms with Gasteiger partial charge in [-0.05, 0) is 49.6 Å². The number of para-hydroxylation sites is 1. The highest BCUT2D eigenvalue weighted by Gasteiger charge is 2.18. The van der Waals surface area contributed by atoms with Crippen LogP contribution in [-0.2, 0) is 0 Å². The van der Waals surface area contributed by atoms with E-state index in [1.165, 1.54) is 0 Å². The molecule has 3 rings (SSSR count). The molecule has 6 heteroatoms. The summed E-state index contributed by atoms with van der Waals surface area (Å²) >= 11 is 0. The van der Waals surface area contributed by atoms with Crippen LogP contribution in [0.15, 0.2) is 48.5 Å². The van der Waals surface area contributed by atoms with E-state index < -0.39 is 0 Å². The molecule has 1 fully saturated rings. The Morgan fingerprint density at radius 2 is 1.56 bits per heavy atom. The molecule has 0 unspecified atom stereocenters. The van der Waals surface area contributed by atoms with Crippen LogP contribution in [0.5, 0.6) is 0 Å². The van der Waals surface area contributed by atoms with Gasteiger partial charge in [-0.15, -0.1) is 0 Å². The maximum Gasteiger partial charge on any atom is 0.323 e. The number of hydrogen-bond donors (Lipinski definition) is 3. The number of aryl methyl sites for hydroxylation is 1. The number of benzene rings is 2. The SMILES string of the molecule is Cc1ccc(NC(=O)Nc2ccccc2)cc1NC(=O)N1CCCC1. The van der Waals surface area contributed by atoms with Gasteiger partial charge in [-0.25, -0.2) is 9.59 Å². The van der Waals surface area contributed by atoms with Gasteiger partial charge in [0.1, 0.15) is 0 Å². The van der Waals surface area contributed by atoms with E-state index in [1.54, 1.807) is 6.07 Å². The quantitative estimate of drug-likeness (QED) is 0.782. The first-order valence-corrected chi connectivity index (χ1v) is 8.41. The van der Waals surface area contributed by atoms with Crippen molar-refractivity contribution >= 4 is 29.1 Å². The summed E-state index contributed by atoms with van der Waals surface area (Å²) in [4.78, 5) is 26.2. The summed E-state index contributed by atoms with van der Waals surface area (Å²) in [5, 5.41) is 8.48. The zero-order valence-corrected chi connectivity index (χ0v) is 14.2. The number of carbonyl (C=O) groups excluding carboxylic acids is 2. The molecule has 4 amide bonds. The lowest BCUT2D eigenvalue weighted by Crippen LogP contribution is -2.32. The molecule has 1 saturated heterocycles. The smallest absolute Gasteiger partial charge is 0.323 e. The van der Waals surface area contributed by atoms with E-state index in [0.717, 1.165) is 37.2 Å². The van der Waals surface area contributed by atoms with Gasteiger partial charge < -0.3 is 20.9 Å². The first-order valence-electron chi connectivity index (χ1n) is 8.41. The minimum atomic E-state index is -0.327. The molecule has 1 heterocycles. The van der Waals surface area contributed by atoms with Crippen LogP contribution in [0.1, 0.15) is 18.4 Å². The molecule has 6 nitrogen and oxygen atoms in total. The van der Waals surface area contributed by atoms with E-state index in [0.29, 0.717) is 11.4 Å². The predicted molar refractivity (Wildman–Crippen MR) is 100 cm³/mol. The fourth-order valence-electron chi connectivity index (χ4n) is 2.76. The fourth-order valence-corrected chi connectivity index (χ4v) is 2.76. The van der Waals surface area contributed by atoms with Crippen molar-refractivity contribution in [2.24, 2.45) is 0 Å². The normalized spacial score (nSPS) is 13.4. The Bertz CT molecular complexity index is 755. The number of nitrogens with zero attached hydrogens (tertiary/aromatic N) is 1.